The fourth-order valence-electron chi connectivity index (χ4n) is 1.96. The third-order valence-electron chi connectivity index (χ3n) is 2.83. The van der Waals surface area contributed by atoms with Gasteiger partial charge in [-0.3, -0.25) is 4.79 Å². The Hall–Kier alpha value is -1.22. The number of ether oxygens (including phenoxy) is 1. The van der Waals surface area contributed by atoms with E-state index < -0.39 is 0 Å². The van der Waals surface area contributed by atoms with Crippen molar-refractivity contribution < 1.29 is 9.53 Å². The smallest absolute Gasteiger partial charge is 0.307 e. The SMILES string of the molecule is COC(=O)CC1CCc2ccc(Cl)cc2N1. The molecule has 0 fully saturated rings. The molecule has 1 unspecified atom stereocenters. The molecule has 0 spiro atoms. The molecule has 1 heterocycles. The number of rotatable bonds is 2. The Morgan fingerprint density at radius 3 is 3.19 bits per heavy atom. The Balaban J connectivity index is 2.08. The van der Waals surface area contributed by atoms with E-state index in [1.165, 1.54) is 12.7 Å². The number of carbonyl (C=O) groups excluding carboxylic acids is 1. The van der Waals surface area contributed by atoms with Crippen LogP contribution in [0.4, 0.5) is 5.69 Å². The van der Waals surface area contributed by atoms with Gasteiger partial charge in [0.05, 0.1) is 13.5 Å². The molecule has 16 heavy (non-hydrogen) atoms. The standard InChI is InChI=1S/C12H14ClNO2/c1-16-12(15)7-10-5-3-8-2-4-9(13)6-11(8)14-10/h2,4,6,10,14H,3,5,7H2,1H3. The molecule has 1 aliphatic heterocycles. The Labute approximate surface area is 99.7 Å². The Bertz CT molecular complexity index is 406. The van der Waals surface area contributed by atoms with Gasteiger partial charge >= 0.3 is 5.97 Å². The van der Waals surface area contributed by atoms with Crippen LogP contribution in [0.25, 0.3) is 0 Å². The Morgan fingerprint density at radius 1 is 1.62 bits per heavy atom. The fourth-order valence-corrected chi connectivity index (χ4v) is 2.13. The van der Waals surface area contributed by atoms with Gasteiger partial charge in [0.2, 0.25) is 0 Å². The van der Waals surface area contributed by atoms with Crippen molar-refractivity contribution >= 4 is 23.3 Å². The number of halogens is 1. The van der Waals surface area contributed by atoms with E-state index in [4.69, 9.17) is 11.6 Å². The molecule has 0 aliphatic carbocycles. The number of esters is 1. The predicted molar refractivity (Wildman–Crippen MR) is 63.8 cm³/mol. The van der Waals surface area contributed by atoms with Gasteiger partial charge < -0.3 is 10.1 Å². The van der Waals surface area contributed by atoms with E-state index in [1.807, 2.05) is 18.2 Å². The molecule has 1 aromatic rings. The quantitative estimate of drug-likeness (QED) is 0.807. The van der Waals surface area contributed by atoms with Crippen molar-refractivity contribution in [2.75, 3.05) is 12.4 Å². The molecule has 4 heteroatoms. The van der Waals surface area contributed by atoms with Gasteiger partial charge in [-0.25, -0.2) is 0 Å². The number of hydrogen-bond donors (Lipinski definition) is 1. The minimum atomic E-state index is -0.178. The lowest BCUT2D eigenvalue weighted by atomic mass is 9.96. The molecule has 1 aliphatic rings. The highest BCUT2D eigenvalue weighted by Gasteiger charge is 2.20. The molecule has 0 bridgehead atoms. The summed E-state index contributed by atoms with van der Waals surface area (Å²) in [6.07, 6.45) is 2.33. The van der Waals surface area contributed by atoms with Crippen LogP contribution in [0.2, 0.25) is 5.02 Å². The largest absolute Gasteiger partial charge is 0.469 e. The monoisotopic (exact) mass is 239 g/mol. The lowest BCUT2D eigenvalue weighted by molar-refractivity contribution is -0.140. The van der Waals surface area contributed by atoms with E-state index in [0.717, 1.165) is 18.5 Å². The molecular formula is C12H14ClNO2. The van der Waals surface area contributed by atoms with Crippen molar-refractivity contribution in [3.05, 3.63) is 28.8 Å². The number of hydrogen-bond acceptors (Lipinski definition) is 3. The summed E-state index contributed by atoms with van der Waals surface area (Å²) in [5.74, 6) is -0.178. The molecule has 1 N–H and O–H groups in total. The zero-order valence-electron chi connectivity index (χ0n) is 9.13. The Morgan fingerprint density at radius 2 is 2.44 bits per heavy atom. The first kappa shape index (κ1) is 11.3. The van der Waals surface area contributed by atoms with E-state index in [-0.39, 0.29) is 12.0 Å². The third kappa shape index (κ3) is 2.47. The van der Waals surface area contributed by atoms with Gasteiger partial charge in [-0.1, -0.05) is 17.7 Å². The normalized spacial score (nSPS) is 18.5. The summed E-state index contributed by atoms with van der Waals surface area (Å²) in [6.45, 7) is 0. The molecular weight excluding hydrogens is 226 g/mol. The number of carbonyl (C=O) groups is 1. The molecule has 86 valence electrons. The van der Waals surface area contributed by atoms with Gasteiger partial charge in [0.15, 0.2) is 0 Å². The molecule has 2 rings (SSSR count). The van der Waals surface area contributed by atoms with E-state index >= 15 is 0 Å². The molecule has 1 aromatic carbocycles. The van der Waals surface area contributed by atoms with Crippen LogP contribution < -0.4 is 5.32 Å². The lowest BCUT2D eigenvalue weighted by Crippen LogP contribution is -2.28. The zero-order chi connectivity index (χ0) is 11.5. The van der Waals surface area contributed by atoms with Crippen LogP contribution in [0.5, 0.6) is 0 Å². The predicted octanol–water partition coefficient (Wildman–Crippen LogP) is 2.63. The van der Waals surface area contributed by atoms with Crippen LogP contribution in [0, 0.1) is 0 Å². The second-order valence-electron chi connectivity index (χ2n) is 3.96. The number of fused-ring (bicyclic) bond motifs is 1. The average Bonchev–Trinajstić information content (AvgIpc) is 2.28. The summed E-state index contributed by atoms with van der Waals surface area (Å²) in [7, 11) is 1.41. The molecule has 3 nitrogen and oxygen atoms in total. The number of anilines is 1. The maximum atomic E-state index is 11.2. The van der Waals surface area contributed by atoms with Gasteiger partial charge in [0.25, 0.3) is 0 Å². The van der Waals surface area contributed by atoms with Gasteiger partial charge in [-0.2, -0.15) is 0 Å². The maximum Gasteiger partial charge on any atom is 0.307 e. The molecule has 0 aromatic heterocycles. The first-order valence-electron chi connectivity index (χ1n) is 5.31. The topological polar surface area (TPSA) is 38.3 Å². The second kappa shape index (κ2) is 4.74. The third-order valence-corrected chi connectivity index (χ3v) is 3.07. The van der Waals surface area contributed by atoms with Crippen LogP contribution in [-0.2, 0) is 16.0 Å². The number of aryl methyl sites for hydroxylation is 1. The van der Waals surface area contributed by atoms with Crippen molar-refractivity contribution in [2.45, 2.75) is 25.3 Å². The first-order valence-corrected chi connectivity index (χ1v) is 5.68. The van der Waals surface area contributed by atoms with Crippen LogP contribution in [0.3, 0.4) is 0 Å². The zero-order valence-corrected chi connectivity index (χ0v) is 9.88. The minimum Gasteiger partial charge on any atom is -0.469 e. The molecule has 0 saturated carbocycles. The molecule has 0 radical (unpaired) electrons. The van der Waals surface area contributed by atoms with Crippen molar-refractivity contribution in [1.82, 2.24) is 0 Å². The second-order valence-corrected chi connectivity index (χ2v) is 4.40. The van der Waals surface area contributed by atoms with Gasteiger partial charge in [-0.05, 0) is 30.5 Å². The summed E-state index contributed by atoms with van der Waals surface area (Å²) < 4.78 is 4.66. The fraction of sp³-hybridized carbons (Fsp3) is 0.417. The number of benzene rings is 1. The Kier molecular flexibility index (Phi) is 3.34. The van der Waals surface area contributed by atoms with Crippen LogP contribution >= 0.6 is 11.6 Å². The van der Waals surface area contributed by atoms with Crippen molar-refractivity contribution in [3.63, 3.8) is 0 Å². The van der Waals surface area contributed by atoms with Gasteiger partial charge in [0, 0.05) is 16.8 Å². The van der Waals surface area contributed by atoms with Crippen molar-refractivity contribution in [2.24, 2.45) is 0 Å². The van der Waals surface area contributed by atoms with Crippen molar-refractivity contribution in [1.29, 1.82) is 0 Å². The first-order chi connectivity index (χ1) is 7.69. The van der Waals surface area contributed by atoms with E-state index in [0.29, 0.717) is 11.4 Å². The van der Waals surface area contributed by atoms with E-state index in [1.54, 1.807) is 0 Å². The van der Waals surface area contributed by atoms with E-state index in [2.05, 4.69) is 10.1 Å². The maximum absolute atomic E-state index is 11.2. The highest BCUT2D eigenvalue weighted by molar-refractivity contribution is 6.30. The summed E-state index contributed by atoms with van der Waals surface area (Å²) in [5, 5.41) is 4.03. The average molecular weight is 240 g/mol. The molecule has 0 amide bonds. The highest BCUT2D eigenvalue weighted by Crippen LogP contribution is 2.28. The highest BCUT2D eigenvalue weighted by atomic mass is 35.5. The van der Waals surface area contributed by atoms with Crippen LogP contribution in [0.1, 0.15) is 18.4 Å². The number of methoxy groups -OCH3 is 1. The summed E-state index contributed by atoms with van der Waals surface area (Å²) in [4.78, 5) is 11.2. The molecule has 1 atom stereocenters. The summed E-state index contributed by atoms with van der Waals surface area (Å²) >= 11 is 5.93. The number of nitrogens with one attached hydrogen (secondary N) is 1. The van der Waals surface area contributed by atoms with Crippen LogP contribution in [-0.4, -0.2) is 19.1 Å². The van der Waals surface area contributed by atoms with Crippen LogP contribution in [0.15, 0.2) is 18.2 Å². The van der Waals surface area contributed by atoms with Crippen molar-refractivity contribution in [3.8, 4) is 0 Å². The minimum absolute atomic E-state index is 0.151. The lowest BCUT2D eigenvalue weighted by Gasteiger charge is -2.26. The van der Waals surface area contributed by atoms with Gasteiger partial charge in [0.1, 0.15) is 0 Å². The summed E-state index contributed by atoms with van der Waals surface area (Å²) in [6, 6.07) is 5.97. The van der Waals surface area contributed by atoms with E-state index in [9.17, 15) is 4.79 Å². The summed E-state index contributed by atoms with van der Waals surface area (Å²) in [5.41, 5.74) is 2.29. The molecule has 0 saturated heterocycles. The van der Waals surface area contributed by atoms with Gasteiger partial charge in [-0.15, -0.1) is 0 Å².